The molecular formula is C16H15N3O7S. The van der Waals surface area contributed by atoms with E-state index in [1.54, 1.807) is 12.1 Å². The van der Waals surface area contributed by atoms with Crippen LogP contribution in [0.1, 0.15) is 39.1 Å². The van der Waals surface area contributed by atoms with Gasteiger partial charge >= 0.3 is 5.97 Å². The van der Waals surface area contributed by atoms with Crippen LogP contribution in [0.25, 0.3) is 0 Å². The standard InChI is InChI=1S/C16H15N3O7S/c1-8-13(10(3)25-17-8)27(23,24)18-9(2)16(22)26-19-14(20)11-6-4-5-7-12(11)15(19)21/h4-7,9,18H,1-3H3. The average molecular weight is 393 g/mol. The van der Waals surface area contributed by atoms with E-state index in [0.717, 1.165) is 0 Å². The second kappa shape index (κ2) is 6.59. The molecule has 0 bridgehead atoms. The SMILES string of the molecule is Cc1noc(C)c1S(=O)(=O)NC(C)C(=O)ON1C(=O)c2ccccc2C1=O. The van der Waals surface area contributed by atoms with Gasteiger partial charge < -0.3 is 9.36 Å². The summed E-state index contributed by atoms with van der Waals surface area (Å²) in [5, 5.41) is 3.87. The molecule has 0 saturated heterocycles. The zero-order valence-electron chi connectivity index (χ0n) is 14.5. The van der Waals surface area contributed by atoms with E-state index in [4.69, 9.17) is 9.36 Å². The molecule has 0 saturated carbocycles. The lowest BCUT2D eigenvalue weighted by molar-refractivity contribution is -0.170. The quantitative estimate of drug-likeness (QED) is 0.734. The number of rotatable bonds is 5. The molecule has 1 N–H and O–H groups in total. The fraction of sp³-hybridized carbons (Fsp3) is 0.250. The van der Waals surface area contributed by atoms with Crippen LogP contribution in [0.15, 0.2) is 33.7 Å². The first-order valence-corrected chi connectivity index (χ1v) is 9.26. The van der Waals surface area contributed by atoms with Gasteiger partial charge in [-0.25, -0.2) is 13.2 Å². The second-order valence-electron chi connectivity index (χ2n) is 5.86. The van der Waals surface area contributed by atoms with Crippen LogP contribution in [0.2, 0.25) is 0 Å². The molecule has 27 heavy (non-hydrogen) atoms. The summed E-state index contributed by atoms with van der Waals surface area (Å²) in [6.45, 7) is 4.07. The molecule has 1 unspecified atom stereocenters. The third kappa shape index (κ3) is 3.22. The topological polar surface area (TPSA) is 136 Å². The minimum absolute atomic E-state index is 0.0564. The maximum absolute atomic E-state index is 12.4. The number of hydrogen-bond donors (Lipinski definition) is 1. The zero-order valence-corrected chi connectivity index (χ0v) is 15.4. The maximum Gasteiger partial charge on any atom is 0.350 e. The molecule has 1 aliphatic heterocycles. The molecule has 2 aromatic rings. The Kier molecular flexibility index (Phi) is 4.57. The van der Waals surface area contributed by atoms with Crippen LogP contribution in [0.4, 0.5) is 0 Å². The minimum atomic E-state index is -4.13. The van der Waals surface area contributed by atoms with Gasteiger partial charge in [-0.05, 0) is 32.9 Å². The normalized spacial score (nSPS) is 15.0. The number of imide groups is 1. The highest BCUT2D eigenvalue weighted by Gasteiger charge is 2.40. The number of hydrogen-bond acceptors (Lipinski definition) is 8. The van der Waals surface area contributed by atoms with Crippen molar-refractivity contribution in [3.63, 3.8) is 0 Å². The van der Waals surface area contributed by atoms with Gasteiger partial charge in [-0.15, -0.1) is 0 Å². The first-order chi connectivity index (χ1) is 12.6. The fourth-order valence-electron chi connectivity index (χ4n) is 2.62. The molecule has 0 aliphatic carbocycles. The highest BCUT2D eigenvalue weighted by Crippen LogP contribution is 2.23. The number of amides is 2. The molecule has 142 valence electrons. The molecule has 1 aromatic heterocycles. The van der Waals surface area contributed by atoms with Gasteiger partial charge in [0.25, 0.3) is 11.8 Å². The van der Waals surface area contributed by atoms with Crippen LogP contribution in [-0.4, -0.2) is 42.5 Å². The Morgan fingerprint density at radius 1 is 1.19 bits per heavy atom. The molecule has 0 fully saturated rings. The molecule has 10 nitrogen and oxygen atoms in total. The summed E-state index contributed by atoms with van der Waals surface area (Å²) in [6, 6.07) is 4.60. The lowest BCUT2D eigenvalue weighted by atomic mass is 10.1. The molecule has 2 amide bonds. The lowest BCUT2D eigenvalue weighted by Gasteiger charge is -2.17. The van der Waals surface area contributed by atoms with Crippen LogP contribution < -0.4 is 4.72 Å². The number of benzene rings is 1. The van der Waals surface area contributed by atoms with Crippen LogP contribution in [0.3, 0.4) is 0 Å². The maximum atomic E-state index is 12.4. The van der Waals surface area contributed by atoms with E-state index in [0.29, 0.717) is 5.06 Å². The number of nitrogens with zero attached hydrogens (tertiary/aromatic N) is 2. The number of aromatic nitrogens is 1. The predicted molar refractivity (Wildman–Crippen MR) is 88.8 cm³/mol. The van der Waals surface area contributed by atoms with Crippen molar-refractivity contribution in [2.45, 2.75) is 31.7 Å². The van der Waals surface area contributed by atoms with Crippen molar-refractivity contribution in [2.24, 2.45) is 0 Å². The predicted octanol–water partition coefficient (Wildman–Crippen LogP) is 0.713. The number of carbonyl (C=O) groups excluding carboxylic acids is 3. The monoisotopic (exact) mass is 393 g/mol. The summed E-state index contributed by atoms with van der Waals surface area (Å²) in [5.41, 5.74) is 0.319. The van der Waals surface area contributed by atoms with E-state index in [9.17, 15) is 22.8 Å². The molecule has 1 aliphatic rings. The van der Waals surface area contributed by atoms with Crippen molar-refractivity contribution in [1.29, 1.82) is 0 Å². The average Bonchev–Trinajstić information content (AvgIpc) is 3.07. The molecule has 2 heterocycles. The van der Waals surface area contributed by atoms with E-state index >= 15 is 0 Å². The van der Waals surface area contributed by atoms with Gasteiger partial charge in [0.2, 0.25) is 10.0 Å². The third-order valence-corrected chi connectivity index (χ3v) is 5.64. The van der Waals surface area contributed by atoms with Gasteiger partial charge in [0.05, 0.1) is 11.1 Å². The summed E-state index contributed by atoms with van der Waals surface area (Å²) in [4.78, 5) is 41.3. The summed E-state index contributed by atoms with van der Waals surface area (Å²) in [6.07, 6.45) is 0. The molecule has 3 rings (SSSR count). The van der Waals surface area contributed by atoms with Crippen molar-refractivity contribution < 1.29 is 32.2 Å². The number of nitrogens with one attached hydrogen (secondary N) is 1. The lowest BCUT2D eigenvalue weighted by Crippen LogP contribution is -2.43. The van der Waals surface area contributed by atoms with Gasteiger partial charge in [0.15, 0.2) is 5.76 Å². The molecule has 0 spiro atoms. The van der Waals surface area contributed by atoms with Crippen LogP contribution in [-0.2, 0) is 19.7 Å². The smallest absolute Gasteiger partial charge is 0.350 e. The number of hydroxylamine groups is 2. The van der Waals surface area contributed by atoms with Crippen LogP contribution >= 0.6 is 0 Å². The fourth-order valence-corrected chi connectivity index (χ4v) is 4.14. The minimum Gasteiger partial charge on any atom is -0.360 e. The van der Waals surface area contributed by atoms with Crippen LogP contribution in [0, 0.1) is 13.8 Å². The summed E-state index contributed by atoms with van der Waals surface area (Å²) < 4.78 is 31.8. The second-order valence-corrected chi connectivity index (χ2v) is 7.51. The largest absolute Gasteiger partial charge is 0.360 e. The Hall–Kier alpha value is -3.05. The Morgan fingerprint density at radius 2 is 1.74 bits per heavy atom. The van der Waals surface area contributed by atoms with Crippen LogP contribution in [0.5, 0.6) is 0 Å². The number of aryl methyl sites for hydroxylation is 2. The zero-order chi connectivity index (χ0) is 19.9. The van der Waals surface area contributed by atoms with E-state index < -0.39 is 33.8 Å². The van der Waals surface area contributed by atoms with Gasteiger partial charge in [-0.2, -0.15) is 4.72 Å². The third-order valence-electron chi connectivity index (χ3n) is 3.86. The van der Waals surface area contributed by atoms with Crippen molar-refractivity contribution in [3.8, 4) is 0 Å². The first kappa shape index (κ1) is 18.7. The summed E-state index contributed by atoms with van der Waals surface area (Å²) >= 11 is 0. The van der Waals surface area contributed by atoms with Gasteiger partial charge in [-0.3, -0.25) is 9.59 Å². The Morgan fingerprint density at radius 3 is 2.22 bits per heavy atom. The van der Waals surface area contributed by atoms with E-state index in [1.807, 2.05) is 0 Å². The number of sulfonamides is 1. The Bertz CT molecular complexity index is 1000. The van der Waals surface area contributed by atoms with Gasteiger partial charge in [0, 0.05) is 0 Å². The number of carbonyl (C=O) groups is 3. The molecule has 1 atom stereocenters. The molecule has 0 radical (unpaired) electrons. The molecular weight excluding hydrogens is 378 g/mol. The molecule has 1 aromatic carbocycles. The van der Waals surface area contributed by atoms with Crippen molar-refractivity contribution in [1.82, 2.24) is 14.9 Å². The van der Waals surface area contributed by atoms with E-state index in [2.05, 4.69) is 9.88 Å². The van der Waals surface area contributed by atoms with Gasteiger partial charge in [-0.1, -0.05) is 22.4 Å². The van der Waals surface area contributed by atoms with Crippen molar-refractivity contribution >= 4 is 27.8 Å². The Balaban J connectivity index is 1.74. The highest BCUT2D eigenvalue weighted by molar-refractivity contribution is 7.89. The summed E-state index contributed by atoms with van der Waals surface area (Å²) in [5.74, 6) is -2.67. The molecule has 11 heteroatoms. The van der Waals surface area contributed by atoms with Crippen molar-refractivity contribution in [3.05, 3.63) is 46.8 Å². The Labute approximate surface area is 154 Å². The first-order valence-electron chi connectivity index (χ1n) is 7.78. The van der Waals surface area contributed by atoms with E-state index in [-0.39, 0.29) is 27.5 Å². The van der Waals surface area contributed by atoms with E-state index in [1.165, 1.54) is 32.9 Å². The number of fused-ring (bicyclic) bond motifs is 1. The highest BCUT2D eigenvalue weighted by atomic mass is 32.2. The summed E-state index contributed by atoms with van der Waals surface area (Å²) in [7, 11) is -4.13. The van der Waals surface area contributed by atoms with Gasteiger partial charge in [0.1, 0.15) is 16.6 Å². The van der Waals surface area contributed by atoms with Crippen molar-refractivity contribution in [2.75, 3.05) is 0 Å².